The topological polar surface area (TPSA) is 52.6 Å². The molecule has 40 heavy (non-hydrogen) atoms. The van der Waals surface area contributed by atoms with E-state index in [4.69, 9.17) is 9.47 Å². The van der Waals surface area contributed by atoms with Gasteiger partial charge >= 0.3 is 5.97 Å². The second kappa shape index (κ2) is 17.6. The Morgan fingerprint density at radius 2 is 1.23 bits per heavy atom. The number of benzene rings is 3. The minimum Gasteiger partial charge on any atom is -0.494 e. The Kier molecular flexibility index (Phi) is 13.9. The zero-order valence-corrected chi connectivity index (χ0v) is 25.1. The van der Waals surface area contributed by atoms with Crippen molar-refractivity contribution < 1.29 is 19.1 Å². The minimum absolute atomic E-state index is 0.0368. The second-order valence-electron chi connectivity index (χ2n) is 10.3. The Labute approximate surface area is 244 Å². The van der Waals surface area contributed by atoms with Crippen LogP contribution in [0.1, 0.15) is 106 Å². The summed E-state index contributed by atoms with van der Waals surface area (Å²) >= 11 is 1.16. The molecule has 0 radical (unpaired) electrons. The molecule has 0 heterocycles. The first-order valence-corrected chi connectivity index (χ1v) is 15.7. The quantitative estimate of drug-likeness (QED) is 0.0934. The molecule has 214 valence electrons. The molecule has 4 nitrogen and oxygen atoms in total. The molecule has 0 spiro atoms. The van der Waals surface area contributed by atoms with Crippen molar-refractivity contribution in [2.24, 2.45) is 0 Å². The first-order chi connectivity index (χ1) is 19.5. The van der Waals surface area contributed by atoms with Gasteiger partial charge in [-0.15, -0.1) is 0 Å². The summed E-state index contributed by atoms with van der Waals surface area (Å²) in [6.07, 6.45) is 11.6. The van der Waals surface area contributed by atoms with Crippen molar-refractivity contribution in [3.63, 3.8) is 0 Å². The molecule has 0 unspecified atom stereocenters. The molecular formula is C35H44O4S. The molecule has 3 rings (SSSR count). The first kappa shape index (κ1) is 31.5. The predicted octanol–water partition coefficient (Wildman–Crippen LogP) is 10.2. The van der Waals surface area contributed by atoms with Gasteiger partial charge in [0.1, 0.15) is 5.75 Å². The molecule has 0 aliphatic carbocycles. The summed E-state index contributed by atoms with van der Waals surface area (Å²) in [6, 6.07) is 22.8. The second-order valence-corrected chi connectivity index (χ2v) is 11.4. The van der Waals surface area contributed by atoms with Gasteiger partial charge < -0.3 is 9.47 Å². The van der Waals surface area contributed by atoms with E-state index in [1.165, 1.54) is 44.9 Å². The van der Waals surface area contributed by atoms with Gasteiger partial charge in [-0.2, -0.15) is 0 Å². The Balaban J connectivity index is 1.46. The lowest BCUT2D eigenvalue weighted by molar-refractivity contribution is 0.0319. The number of rotatable bonds is 17. The number of esters is 1. The molecule has 1 atom stereocenters. The summed E-state index contributed by atoms with van der Waals surface area (Å²) in [4.78, 5) is 26.1. The highest BCUT2D eigenvalue weighted by Gasteiger charge is 2.14. The molecule has 0 saturated heterocycles. The fourth-order valence-corrected chi connectivity index (χ4v) is 5.17. The van der Waals surface area contributed by atoms with Crippen LogP contribution in [0.5, 0.6) is 5.75 Å². The monoisotopic (exact) mass is 560 g/mol. The smallest absolute Gasteiger partial charge is 0.338 e. The van der Waals surface area contributed by atoms with Crippen LogP contribution in [0.2, 0.25) is 0 Å². The zero-order valence-electron chi connectivity index (χ0n) is 24.3. The van der Waals surface area contributed by atoms with E-state index < -0.39 is 0 Å². The van der Waals surface area contributed by atoms with Gasteiger partial charge in [0.15, 0.2) is 0 Å². The molecule has 0 fully saturated rings. The predicted molar refractivity (Wildman–Crippen MR) is 166 cm³/mol. The van der Waals surface area contributed by atoms with Gasteiger partial charge in [-0.05, 0) is 97.6 Å². The lowest BCUT2D eigenvalue weighted by Crippen LogP contribution is -2.15. The van der Waals surface area contributed by atoms with Crippen LogP contribution in [0.15, 0.2) is 77.7 Å². The number of thioether (sulfide) groups is 1. The lowest BCUT2D eigenvalue weighted by Gasteiger charge is -2.13. The number of ether oxygens (including phenoxy) is 2. The van der Waals surface area contributed by atoms with E-state index in [1.54, 1.807) is 24.3 Å². The summed E-state index contributed by atoms with van der Waals surface area (Å²) < 4.78 is 11.4. The highest BCUT2D eigenvalue weighted by Crippen LogP contribution is 2.27. The maximum absolute atomic E-state index is 12.9. The van der Waals surface area contributed by atoms with Crippen LogP contribution in [0.3, 0.4) is 0 Å². The fraction of sp³-hybridized carbons (Fsp3) is 0.429. The molecule has 0 aliphatic rings. The number of carbonyl (C=O) groups is 2. The van der Waals surface area contributed by atoms with E-state index in [0.717, 1.165) is 59.4 Å². The van der Waals surface area contributed by atoms with Crippen LogP contribution in [-0.2, 0) is 4.74 Å². The van der Waals surface area contributed by atoms with E-state index >= 15 is 0 Å². The average Bonchev–Trinajstić information content (AvgIpc) is 2.98. The van der Waals surface area contributed by atoms with E-state index in [0.29, 0.717) is 11.1 Å². The van der Waals surface area contributed by atoms with Gasteiger partial charge in [-0.1, -0.05) is 83.1 Å². The van der Waals surface area contributed by atoms with Crippen molar-refractivity contribution in [3.8, 4) is 16.9 Å². The summed E-state index contributed by atoms with van der Waals surface area (Å²) in [7, 11) is 0. The van der Waals surface area contributed by atoms with E-state index in [-0.39, 0.29) is 17.2 Å². The lowest BCUT2D eigenvalue weighted by atomic mass is 10.0. The van der Waals surface area contributed by atoms with Crippen LogP contribution in [0.4, 0.5) is 0 Å². The minimum atomic E-state index is -0.316. The third-order valence-electron chi connectivity index (χ3n) is 6.90. The summed E-state index contributed by atoms with van der Waals surface area (Å²) in [5.74, 6) is 0.571. The standard InChI is InChI=1S/C35H44O4S/c1-4-6-8-10-12-26-38-32-22-18-29(19-23-32)28-14-16-31(17-15-28)35(37)40-33-24-20-30(21-25-33)34(36)39-27(3)13-11-9-7-5-2/h14-25,27H,4-13,26H2,1-3H3/t27-/m0/s1. The van der Waals surface area contributed by atoms with Crippen LogP contribution in [0.25, 0.3) is 11.1 Å². The number of hydrogen-bond donors (Lipinski definition) is 0. The molecule has 0 aromatic heterocycles. The maximum Gasteiger partial charge on any atom is 0.338 e. The Morgan fingerprint density at radius 3 is 1.85 bits per heavy atom. The molecule has 0 N–H and O–H groups in total. The van der Waals surface area contributed by atoms with Crippen LogP contribution < -0.4 is 4.74 Å². The molecule has 3 aromatic rings. The van der Waals surface area contributed by atoms with Crippen LogP contribution in [-0.4, -0.2) is 23.8 Å². The third-order valence-corrected chi connectivity index (χ3v) is 7.83. The van der Waals surface area contributed by atoms with Gasteiger partial charge in [-0.3, -0.25) is 4.79 Å². The molecule has 5 heteroatoms. The van der Waals surface area contributed by atoms with Crippen molar-refractivity contribution in [2.75, 3.05) is 6.61 Å². The van der Waals surface area contributed by atoms with Crippen molar-refractivity contribution >= 4 is 22.8 Å². The Hall–Kier alpha value is -3.05. The van der Waals surface area contributed by atoms with Gasteiger partial charge in [0.2, 0.25) is 5.12 Å². The van der Waals surface area contributed by atoms with E-state index in [2.05, 4.69) is 26.0 Å². The van der Waals surface area contributed by atoms with Crippen LogP contribution in [0, 0.1) is 0 Å². The highest BCUT2D eigenvalue weighted by molar-refractivity contribution is 8.14. The van der Waals surface area contributed by atoms with E-state index in [1.807, 2.05) is 43.3 Å². The van der Waals surface area contributed by atoms with Crippen molar-refractivity contribution in [2.45, 2.75) is 96.0 Å². The molecular weight excluding hydrogens is 516 g/mol. The average molecular weight is 561 g/mol. The highest BCUT2D eigenvalue weighted by atomic mass is 32.2. The van der Waals surface area contributed by atoms with Gasteiger partial charge in [0, 0.05) is 10.5 Å². The number of carbonyl (C=O) groups excluding carboxylic acids is 2. The van der Waals surface area contributed by atoms with Crippen LogP contribution >= 0.6 is 11.8 Å². The van der Waals surface area contributed by atoms with E-state index in [9.17, 15) is 9.59 Å². The number of hydrogen-bond acceptors (Lipinski definition) is 5. The SMILES string of the molecule is CCCCCCCOc1ccc(-c2ccc(C(=O)Sc3ccc(C(=O)O[C@@H](C)CCCCCC)cc3)cc2)cc1. The van der Waals surface area contributed by atoms with Crippen molar-refractivity contribution in [3.05, 3.63) is 83.9 Å². The summed E-state index contributed by atoms with van der Waals surface area (Å²) in [5, 5.41) is -0.0368. The molecule has 0 bridgehead atoms. The summed E-state index contributed by atoms with van der Waals surface area (Å²) in [6.45, 7) is 7.10. The Morgan fingerprint density at radius 1 is 0.675 bits per heavy atom. The number of unbranched alkanes of at least 4 members (excludes halogenated alkanes) is 7. The fourth-order valence-electron chi connectivity index (χ4n) is 4.43. The molecule has 0 saturated carbocycles. The largest absolute Gasteiger partial charge is 0.494 e. The summed E-state index contributed by atoms with van der Waals surface area (Å²) in [5.41, 5.74) is 3.27. The van der Waals surface area contributed by atoms with Gasteiger partial charge in [-0.25, -0.2) is 4.79 Å². The molecule has 0 amide bonds. The van der Waals surface area contributed by atoms with Crippen molar-refractivity contribution in [1.82, 2.24) is 0 Å². The molecule has 0 aliphatic heterocycles. The van der Waals surface area contributed by atoms with Gasteiger partial charge in [0.05, 0.1) is 18.3 Å². The maximum atomic E-state index is 12.9. The molecule has 3 aromatic carbocycles. The Bertz CT molecular complexity index is 1150. The van der Waals surface area contributed by atoms with Gasteiger partial charge in [0.25, 0.3) is 0 Å². The third kappa shape index (κ3) is 10.8. The first-order valence-electron chi connectivity index (χ1n) is 14.9. The zero-order chi connectivity index (χ0) is 28.6. The van der Waals surface area contributed by atoms with Crippen molar-refractivity contribution in [1.29, 1.82) is 0 Å². The normalized spacial score (nSPS) is 11.7.